The Balaban J connectivity index is 0.00000481. The minimum absolute atomic E-state index is 0. The van der Waals surface area contributed by atoms with E-state index in [1.807, 2.05) is 13.8 Å². The summed E-state index contributed by atoms with van der Waals surface area (Å²) in [5, 5.41) is 0.849. The van der Waals surface area contributed by atoms with E-state index in [1.165, 1.54) is 41.7 Å². The molecule has 1 heterocycles. The van der Waals surface area contributed by atoms with E-state index in [9.17, 15) is 21.6 Å². The number of aromatic nitrogens is 1. The van der Waals surface area contributed by atoms with Crippen molar-refractivity contribution >= 4 is 76.3 Å². The lowest BCUT2D eigenvalue weighted by Gasteiger charge is -2.24. The van der Waals surface area contributed by atoms with Crippen LogP contribution in [-0.4, -0.2) is 70.8 Å². The maximum Gasteiger partial charge on any atom is 0.228 e. The maximum atomic E-state index is 13.3. The number of carbonyl (C=O) groups is 1. The zero-order valence-corrected chi connectivity index (χ0v) is 24.9. The number of nitrogens with zero attached hydrogens (tertiary/aromatic N) is 3. The summed E-state index contributed by atoms with van der Waals surface area (Å²) < 4.78 is 50.5. The third-order valence-electron chi connectivity index (χ3n) is 5.81. The fourth-order valence-electron chi connectivity index (χ4n) is 3.74. The molecule has 0 aliphatic rings. The number of hydrogen-bond donors (Lipinski definition) is 0. The Bertz CT molecular complexity index is 1420. The second kappa shape index (κ2) is 13.3. The van der Waals surface area contributed by atoms with Crippen LogP contribution in [-0.2, 0) is 24.5 Å². The molecule has 0 saturated heterocycles. The van der Waals surface area contributed by atoms with Gasteiger partial charge in [0.05, 0.1) is 20.2 Å². The van der Waals surface area contributed by atoms with Crippen molar-refractivity contribution in [3.8, 4) is 0 Å². The smallest absolute Gasteiger partial charge is 0.228 e. The molecule has 0 bridgehead atoms. The van der Waals surface area contributed by atoms with Crippen LogP contribution in [0.2, 0.25) is 5.02 Å². The van der Waals surface area contributed by atoms with Gasteiger partial charge in [-0.05, 0) is 55.9 Å². The van der Waals surface area contributed by atoms with E-state index >= 15 is 0 Å². The molecule has 204 valence electrons. The molecule has 3 rings (SSSR count). The SMILES string of the molecule is CCN(CC)CCN(C(=O)CCCS(=O)(=O)c1ccc(Cl)cc1)c1nc2c(S(C)(=O)=O)cccc2s1.Cl. The lowest BCUT2D eigenvalue weighted by molar-refractivity contribution is -0.118. The minimum Gasteiger partial charge on any atom is -0.302 e. The molecule has 0 fully saturated rings. The predicted molar refractivity (Wildman–Crippen MR) is 153 cm³/mol. The Kier molecular flexibility index (Phi) is 11.3. The molecule has 0 unspecified atom stereocenters. The number of anilines is 1. The largest absolute Gasteiger partial charge is 0.302 e. The van der Waals surface area contributed by atoms with Crippen molar-refractivity contribution in [1.29, 1.82) is 0 Å². The lowest BCUT2D eigenvalue weighted by Crippen LogP contribution is -2.39. The highest BCUT2D eigenvalue weighted by atomic mass is 35.5. The van der Waals surface area contributed by atoms with Crippen molar-refractivity contribution < 1.29 is 21.6 Å². The van der Waals surface area contributed by atoms with Gasteiger partial charge in [0, 0.05) is 30.8 Å². The van der Waals surface area contributed by atoms with E-state index in [-0.39, 0.29) is 46.7 Å². The van der Waals surface area contributed by atoms with Crippen LogP contribution in [0.5, 0.6) is 0 Å². The van der Waals surface area contributed by atoms with Gasteiger partial charge in [0.15, 0.2) is 24.8 Å². The Morgan fingerprint density at radius 1 is 1.00 bits per heavy atom. The number of sulfone groups is 2. The van der Waals surface area contributed by atoms with Gasteiger partial charge >= 0.3 is 0 Å². The summed E-state index contributed by atoms with van der Waals surface area (Å²) in [6.45, 7) is 6.67. The number of fused-ring (bicyclic) bond motifs is 1. The van der Waals surface area contributed by atoms with E-state index in [0.717, 1.165) is 19.3 Å². The number of benzene rings is 2. The molecular weight excluding hydrogens is 577 g/mol. The van der Waals surface area contributed by atoms with E-state index in [2.05, 4.69) is 9.88 Å². The Hall–Kier alpha value is -1.76. The topological polar surface area (TPSA) is 105 Å². The summed E-state index contributed by atoms with van der Waals surface area (Å²) in [6, 6.07) is 10.9. The van der Waals surface area contributed by atoms with Crippen LogP contribution < -0.4 is 4.90 Å². The van der Waals surface area contributed by atoms with Gasteiger partial charge in [-0.25, -0.2) is 21.8 Å². The first kappa shape index (κ1) is 31.5. The van der Waals surface area contributed by atoms with Gasteiger partial charge in [0.2, 0.25) is 5.91 Å². The van der Waals surface area contributed by atoms with Crippen molar-refractivity contribution in [2.24, 2.45) is 0 Å². The number of rotatable bonds is 12. The van der Waals surface area contributed by atoms with Crippen LogP contribution in [0.15, 0.2) is 52.3 Å². The van der Waals surface area contributed by atoms with Gasteiger partial charge in [-0.1, -0.05) is 42.9 Å². The average molecular weight is 609 g/mol. The first-order valence-electron chi connectivity index (χ1n) is 11.6. The van der Waals surface area contributed by atoms with Gasteiger partial charge in [0.1, 0.15) is 5.52 Å². The first-order valence-corrected chi connectivity index (χ1v) is 16.3. The number of hydrogen-bond acceptors (Lipinski definition) is 8. The molecule has 2 aromatic carbocycles. The van der Waals surface area contributed by atoms with Crippen LogP contribution in [0.3, 0.4) is 0 Å². The molecule has 0 N–H and O–H groups in total. The molecule has 0 atom stereocenters. The molecular formula is C24H31Cl2N3O5S3. The third kappa shape index (κ3) is 8.11. The van der Waals surface area contributed by atoms with E-state index < -0.39 is 19.7 Å². The highest BCUT2D eigenvalue weighted by molar-refractivity contribution is 7.91. The Labute approximate surface area is 233 Å². The van der Waals surface area contributed by atoms with Gasteiger partial charge < -0.3 is 4.90 Å². The fraction of sp³-hybridized carbons (Fsp3) is 0.417. The molecule has 0 radical (unpaired) electrons. The summed E-state index contributed by atoms with van der Waals surface area (Å²) in [6.07, 6.45) is 1.29. The second-order valence-corrected chi connectivity index (χ2v) is 13.9. The molecule has 0 spiro atoms. The van der Waals surface area contributed by atoms with E-state index in [0.29, 0.717) is 33.5 Å². The van der Waals surface area contributed by atoms with Crippen molar-refractivity contribution in [2.45, 2.75) is 36.5 Å². The average Bonchev–Trinajstić information content (AvgIpc) is 3.25. The standard InChI is InChI=1S/C24H30ClN3O5S3.ClH/c1-4-27(5-2)15-16-28(24-26-23-20(34-24)8-6-9-21(23)35(3,30)31)22(29)10-7-17-36(32,33)19-13-11-18(25)12-14-19;/h6,8-9,11-14H,4-5,7,10,15-17H2,1-3H3;1H. The highest BCUT2D eigenvalue weighted by Crippen LogP contribution is 2.33. The normalized spacial score (nSPS) is 12.0. The molecule has 0 saturated carbocycles. The molecule has 0 aliphatic heterocycles. The lowest BCUT2D eigenvalue weighted by atomic mass is 10.3. The highest BCUT2D eigenvalue weighted by Gasteiger charge is 2.24. The van der Waals surface area contributed by atoms with Crippen molar-refractivity contribution in [3.63, 3.8) is 0 Å². The molecule has 1 aromatic heterocycles. The summed E-state index contributed by atoms with van der Waals surface area (Å²) in [4.78, 5) is 21.8. The van der Waals surface area contributed by atoms with Crippen LogP contribution in [0.4, 0.5) is 5.13 Å². The fourth-order valence-corrected chi connectivity index (χ4v) is 7.11. The number of likely N-dealkylation sites (N-methyl/N-ethyl adjacent to an activating group) is 1. The Morgan fingerprint density at radius 2 is 1.65 bits per heavy atom. The monoisotopic (exact) mass is 607 g/mol. The van der Waals surface area contributed by atoms with Crippen LogP contribution in [0, 0.1) is 0 Å². The third-order valence-corrected chi connectivity index (χ3v) is 10.1. The number of thiazole rings is 1. The van der Waals surface area contributed by atoms with Crippen molar-refractivity contribution in [3.05, 3.63) is 47.5 Å². The summed E-state index contributed by atoms with van der Waals surface area (Å²) in [5.41, 5.74) is 0.339. The van der Waals surface area contributed by atoms with Crippen LogP contribution in [0.25, 0.3) is 10.2 Å². The number of para-hydroxylation sites is 1. The minimum atomic E-state index is -3.56. The van der Waals surface area contributed by atoms with E-state index in [4.69, 9.17) is 11.6 Å². The van der Waals surface area contributed by atoms with E-state index in [1.54, 1.807) is 17.0 Å². The predicted octanol–water partition coefficient (Wildman–Crippen LogP) is 4.70. The molecule has 37 heavy (non-hydrogen) atoms. The van der Waals surface area contributed by atoms with Gasteiger partial charge in [0.25, 0.3) is 0 Å². The quantitative estimate of drug-likeness (QED) is 0.294. The van der Waals surface area contributed by atoms with Crippen molar-refractivity contribution in [2.75, 3.05) is 43.1 Å². The van der Waals surface area contributed by atoms with Gasteiger partial charge in [-0.15, -0.1) is 12.4 Å². The van der Waals surface area contributed by atoms with Gasteiger partial charge in [-0.3, -0.25) is 9.69 Å². The summed E-state index contributed by atoms with van der Waals surface area (Å²) >= 11 is 7.10. The number of carbonyl (C=O) groups excluding carboxylic acids is 1. The Morgan fingerprint density at radius 3 is 2.24 bits per heavy atom. The van der Waals surface area contributed by atoms with Crippen molar-refractivity contribution in [1.82, 2.24) is 9.88 Å². The number of amides is 1. The second-order valence-electron chi connectivity index (χ2n) is 8.32. The maximum absolute atomic E-state index is 13.3. The first-order chi connectivity index (χ1) is 17.0. The summed E-state index contributed by atoms with van der Waals surface area (Å²) in [5.74, 6) is -0.434. The zero-order chi connectivity index (χ0) is 26.5. The molecule has 13 heteroatoms. The van der Waals surface area contributed by atoms with Gasteiger partial charge in [-0.2, -0.15) is 0 Å². The summed E-state index contributed by atoms with van der Waals surface area (Å²) in [7, 11) is -7.05. The molecule has 1 amide bonds. The van der Waals surface area contributed by atoms with Crippen LogP contribution in [0.1, 0.15) is 26.7 Å². The number of halogens is 2. The molecule has 8 nitrogen and oxygen atoms in total. The zero-order valence-electron chi connectivity index (χ0n) is 20.9. The van der Waals surface area contributed by atoms with Crippen LogP contribution >= 0.6 is 35.3 Å². The molecule has 0 aliphatic carbocycles. The molecule has 3 aromatic rings.